The molecule has 4 N–H and O–H groups in total. The van der Waals surface area contributed by atoms with Gasteiger partial charge in [-0.15, -0.1) is 20.5 Å². The normalized spacial score (nSPS) is 11.6. The standard InChI is InChI=1S/C28H19N7O10S.C20H13N3O7S.Cr.Na/c36-23-10-6-16(34(39)40)12-21(23)30-32-26-19-14-25(46(43,44)45)27(33-31-22-13-17(35(41)42)7-11-24(22)37)28(38)18(19)8-9-20(26)29-15-4-2-1-3-5-15;24-16-8-5-11-3-1-2-4-13(11)19(16)21-22-20-14-7-6-12(23(26)27)9-15(14)18(10-17(20)25)31(28,29)30;;/h1-14,29,36-38H,(H,43,44,45);1-10,24-25H,(H,28,29,30);;/q;;+3;+1/p-4. The van der Waals surface area contributed by atoms with Crippen LogP contribution in [0.2, 0.25) is 0 Å². The van der Waals surface area contributed by atoms with E-state index in [-0.39, 0.29) is 97.0 Å². The van der Waals surface area contributed by atoms with Gasteiger partial charge in [-0.05, 0) is 47.2 Å². The van der Waals surface area contributed by atoms with E-state index in [0.29, 0.717) is 11.1 Å². The first-order chi connectivity index (χ1) is 36.5. The molecule has 0 aliphatic rings. The maximum absolute atomic E-state index is 13.6. The number of nitro benzene ring substituents is 3. The number of non-ortho nitro benzene ring substituents is 3. The maximum atomic E-state index is 13.6. The molecule has 0 bridgehead atoms. The summed E-state index contributed by atoms with van der Waals surface area (Å²) in [6, 6.07) is 31.2. The van der Waals surface area contributed by atoms with Crippen molar-refractivity contribution >= 4 is 115 Å². The smallest absolute Gasteiger partial charge is 0.871 e. The molecule has 1 radical (unpaired) electrons. The Labute approximate surface area is 475 Å². The third kappa shape index (κ3) is 13.0. The zero-order valence-corrected chi connectivity index (χ0v) is 44.6. The summed E-state index contributed by atoms with van der Waals surface area (Å²) in [5, 5.41) is 119. The Morgan fingerprint density at radius 1 is 0.468 bits per heavy atom. The van der Waals surface area contributed by atoms with Gasteiger partial charge in [0, 0.05) is 69.7 Å². The molecule has 0 amide bonds. The van der Waals surface area contributed by atoms with Crippen molar-refractivity contribution in [2.24, 2.45) is 30.7 Å². The van der Waals surface area contributed by atoms with Crippen LogP contribution in [0.4, 0.5) is 62.6 Å². The molecule has 9 aromatic rings. The summed E-state index contributed by atoms with van der Waals surface area (Å²) in [5.41, 5.74) is -3.14. The van der Waals surface area contributed by atoms with E-state index >= 15 is 0 Å². The van der Waals surface area contributed by atoms with Crippen LogP contribution < -0.4 is 50.2 Å². The average molecular weight is 1160 g/mol. The Morgan fingerprint density at radius 3 is 1.54 bits per heavy atom. The molecule has 0 fully saturated rings. The van der Waals surface area contributed by atoms with Crippen molar-refractivity contribution in [2.45, 2.75) is 9.79 Å². The van der Waals surface area contributed by atoms with Crippen molar-refractivity contribution in [3.63, 3.8) is 0 Å². The van der Waals surface area contributed by atoms with Gasteiger partial charge in [-0.3, -0.25) is 34.9 Å². The number of anilines is 2. The van der Waals surface area contributed by atoms with E-state index in [0.717, 1.165) is 66.0 Å². The van der Waals surface area contributed by atoms with Crippen LogP contribution in [0.15, 0.2) is 186 Å². The number of hydrogen-bond donors (Lipinski definition) is 4. The number of fused-ring (bicyclic) bond motifs is 3. The first kappa shape index (κ1) is 59.2. The second-order valence-electron chi connectivity index (χ2n) is 15.8. The zero-order valence-electron chi connectivity index (χ0n) is 39.7. The molecule has 9 rings (SSSR count). The van der Waals surface area contributed by atoms with Crippen molar-refractivity contribution < 1.29 is 113 Å². The fraction of sp³-hybridized carbons (Fsp3) is 0. The number of nitrogens with zero attached hydrogens (tertiary/aromatic N) is 9. The number of hydrogen-bond acceptors (Lipinski definition) is 23. The van der Waals surface area contributed by atoms with Gasteiger partial charge in [-0.2, -0.15) is 18.6 Å². The summed E-state index contributed by atoms with van der Waals surface area (Å²) in [5.74, 6) is -3.52. The molecule has 0 saturated carbocycles. The molecule has 391 valence electrons. The van der Waals surface area contributed by atoms with Gasteiger partial charge >= 0.3 is 46.9 Å². The summed E-state index contributed by atoms with van der Waals surface area (Å²) in [6.45, 7) is 0. The Hall–Kier alpha value is -9.09. The van der Waals surface area contributed by atoms with E-state index in [2.05, 4.69) is 36.0 Å². The quantitative estimate of drug-likeness (QED) is 0.0288. The van der Waals surface area contributed by atoms with E-state index in [4.69, 9.17) is 0 Å². The van der Waals surface area contributed by atoms with E-state index in [1.54, 1.807) is 60.7 Å². The molecule has 0 spiro atoms. The molecule has 9 aromatic carbocycles. The Bertz CT molecular complexity index is 4270. The van der Waals surface area contributed by atoms with Crippen LogP contribution in [0.3, 0.4) is 0 Å². The van der Waals surface area contributed by atoms with Crippen LogP contribution in [-0.4, -0.2) is 50.9 Å². The third-order valence-electron chi connectivity index (χ3n) is 11.0. The van der Waals surface area contributed by atoms with Crippen molar-refractivity contribution in [3.05, 3.63) is 176 Å². The number of rotatable bonds is 13. The number of aromatic hydroxyl groups is 2. The molecule has 27 nitrogen and oxygen atoms in total. The topological polar surface area (TPSA) is 437 Å². The molecule has 0 aliphatic carbocycles. The second kappa shape index (κ2) is 24.1. The largest absolute Gasteiger partial charge is 3.00 e. The first-order valence-corrected chi connectivity index (χ1v) is 24.2. The van der Waals surface area contributed by atoms with Crippen molar-refractivity contribution in [1.82, 2.24) is 0 Å². The van der Waals surface area contributed by atoms with E-state index < -0.39 is 102 Å². The fourth-order valence-electron chi connectivity index (χ4n) is 7.40. The molecular formula is C48H28CrN10NaO17S2. The number of para-hydroxylation sites is 1. The van der Waals surface area contributed by atoms with Gasteiger partial charge in [0.25, 0.3) is 27.2 Å². The van der Waals surface area contributed by atoms with Crippen LogP contribution in [0.25, 0.3) is 32.3 Å². The maximum Gasteiger partial charge on any atom is 3.00 e. The van der Waals surface area contributed by atoms with Crippen molar-refractivity contribution in [1.29, 1.82) is 0 Å². The number of nitro groups is 3. The minimum Gasteiger partial charge on any atom is -0.871 e. The summed E-state index contributed by atoms with van der Waals surface area (Å²) in [6.07, 6.45) is 0. The summed E-state index contributed by atoms with van der Waals surface area (Å²) < 4.78 is 70.1. The van der Waals surface area contributed by atoms with Gasteiger partial charge in [0.1, 0.15) is 43.6 Å². The molecule has 0 atom stereocenters. The number of phenolic OH excluding ortho intramolecular Hbond substituents is 2. The molecule has 79 heavy (non-hydrogen) atoms. The average Bonchev–Trinajstić information content (AvgIpc) is 3.60. The number of nitrogens with one attached hydrogen (secondary N) is 1. The molecule has 0 unspecified atom stereocenters. The SMILES string of the molecule is O=[N+]([O-])c1ccc([O-])c(N=Nc2c(S(=O)(=O)[O-])cc3c(N=Nc4cc([N+](=O)[O-])ccc4[O-])c(Nc4ccccc4)ccc3c2[O-])c1.O=[N+]([O-])c1ccc2c(N=Nc3c(O)ccc4ccccc34)c(O)cc(S(=O)(=O)O)c2c1.[Cr+3].[Na+]. The van der Waals surface area contributed by atoms with Crippen LogP contribution in [0.5, 0.6) is 28.7 Å². The molecule has 0 aromatic heterocycles. The Kier molecular flexibility index (Phi) is 18.0. The monoisotopic (exact) mass is 1160 g/mol. The van der Waals surface area contributed by atoms with E-state index in [1.165, 1.54) is 24.3 Å². The van der Waals surface area contributed by atoms with Crippen LogP contribution in [0.1, 0.15) is 0 Å². The van der Waals surface area contributed by atoms with Crippen molar-refractivity contribution in [2.75, 3.05) is 5.32 Å². The predicted octanol–water partition coefficient (Wildman–Crippen LogP) is 7.33. The molecular weight excluding hydrogens is 1130 g/mol. The van der Waals surface area contributed by atoms with Gasteiger partial charge in [0.2, 0.25) is 0 Å². The molecule has 0 heterocycles. The van der Waals surface area contributed by atoms with E-state index in [1.807, 2.05) is 0 Å². The minimum absolute atomic E-state index is 0. The van der Waals surface area contributed by atoms with Gasteiger partial charge in [-0.25, -0.2) is 8.42 Å². The Morgan fingerprint density at radius 2 is 0.975 bits per heavy atom. The van der Waals surface area contributed by atoms with Gasteiger partial charge < -0.3 is 35.4 Å². The predicted molar refractivity (Wildman–Crippen MR) is 266 cm³/mol. The van der Waals surface area contributed by atoms with Crippen LogP contribution >= 0.6 is 0 Å². The minimum atomic E-state index is -5.47. The van der Waals surface area contributed by atoms with Gasteiger partial charge in [0.15, 0.2) is 0 Å². The first-order valence-electron chi connectivity index (χ1n) is 21.4. The molecule has 0 aliphatic heterocycles. The van der Waals surface area contributed by atoms with Crippen LogP contribution in [0, 0.1) is 30.3 Å². The van der Waals surface area contributed by atoms with E-state index in [9.17, 15) is 81.8 Å². The third-order valence-corrected chi connectivity index (χ3v) is 12.7. The molecule has 0 saturated heterocycles. The van der Waals surface area contributed by atoms with Crippen molar-refractivity contribution in [3.8, 4) is 28.7 Å². The zero-order chi connectivity index (χ0) is 55.5. The summed E-state index contributed by atoms with van der Waals surface area (Å²) in [4.78, 5) is 29.2. The number of azo groups is 3. The number of benzene rings is 9. The summed E-state index contributed by atoms with van der Waals surface area (Å²) in [7, 11) is -10.3. The second-order valence-corrected chi connectivity index (χ2v) is 18.6. The summed E-state index contributed by atoms with van der Waals surface area (Å²) >= 11 is 0. The van der Waals surface area contributed by atoms with Gasteiger partial charge in [-0.1, -0.05) is 84.0 Å². The van der Waals surface area contributed by atoms with Gasteiger partial charge in [0.05, 0.1) is 42.4 Å². The fourth-order valence-corrected chi connectivity index (χ4v) is 8.74. The number of phenols is 2. The Balaban J connectivity index is 0.000000267. The van der Waals surface area contributed by atoms with Crippen LogP contribution in [-0.2, 0) is 37.6 Å². The molecule has 31 heteroatoms.